The van der Waals surface area contributed by atoms with Crippen LogP contribution in [-0.2, 0) is 4.79 Å². The Morgan fingerprint density at radius 1 is 1.07 bits per heavy atom. The first kappa shape index (κ1) is 20.5. The molecule has 0 radical (unpaired) electrons. The molecule has 0 spiro atoms. The first-order chi connectivity index (χ1) is 13.7. The van der Waals surface area contributed by atoms with E-state index in [2.05, 4.69) is 6.92 Å². The van der Waals surface area contributed by atoms with Crippen LogP contribution in [0.25, 0.3) is 12.2 Å². The maximum Gasteiger partial charge on any atom is 0.336 e. The number of para-hydroxylation sites is 1. The van der Waals surface area contributed by atoms with E-state index < -0.39 is 5.97 Å². The van der Waals surface area contributed by atoms with E-state index in [1.54, 1.807) is 42.5 Å². The third-order valence-corrected chi connectivity index (χ3v) is 3.72. The smallest absolute Gasteiger partial charge is 0.336 e. The fraction of sp³-hybridized carbons (Fsp3) is 0.174. The highest BCUT2D eigenvalue weighted by Gasteiger charge is 2.04. The Labute approximate surface area is 164 Å². The van der Waals surface area contributed by atoms with Gasteiger partial charge in [-0.3, -0.25) is 0 Å². The van der Waals surface area contributed by atoms with Gasteiger partial charge < -0.3 is 9.47 Å². The largest absolute Gasteiger partial charge is 0.493 e. The second kappa shape index (κ2) is 11.0. The van der Waals surface area contributed by atoms with Crippen LogP contribution in [0.15, 0.2) is 60.2 Å². The molecular formula is C23H20N2O3. The van der Waals surface area contributed by atoms with Crippen LogP contribution in [0.1, 0.15) is 30.9 Å². The van der Waals surface area contributed by atoms with Crippen LogP contribution in [-0.4, -0.2) is 12.6 Å². The molecule has 5 nitrogen and oxygen atoms in total. The van der Waals surface area contributed by atoms with E-state index in [0.717, 1.165) is 24.2 Å². The van der Waals surface area contributed by atoms with Crippen molar-refractivity contribution in [1.29, 1.82) is 10.5 Å². The minimum Gasteiger partial charge on any atom is -0.493 e. The Morgan fingerprint density at radius 3 is 2.46 bits per heavy atom. The number of benzene rings is 2. The van der Waals surface area contributed by atoms with Crippen molar-refractivity contribution in [2.24, 2.45) is 0 Å². The van der Waals surface area contributed by atoms with Gasteiger partial charge in [0.15, 0.2) is 0 Å². The Balaban J connectivity index is 2.00. The highest BCUT2D eigenvalue weighted by atomic mass is 16.5. The average molecular weight is 372 g/mol. The number of esters is 1. The van der Waals surface area contributed by atoms with Crippen molar-refractivity contribution in [2.45, 2.75) is 19.8 Å². The first-order valence-electron chi connectivity index (χ1n) is 8.90. The molecular weight excluding hydrogens is 352 g/mol. The molecule has 0 heterocycles. The van der Waals surface area contributed by atoms with Gasteiger partial charge in [0.2, 0.25) is 0 Å². The van der Waals surface area contributed by atoms with Crippen molar-refractivity contribution < 1.29 is 14.3 Å². The van der Waals surface area contributed by atoms with Gasteiger partial charge in [0.05, 0.1) is 6.61 Å². The number of hydrogen-bond donors (Lipinski definition) is 0. The topological polar surface area (TPSA) is 83.1 Å². The van der Waals surface area contributed by atoms with Gasteiger partial charge in [-0.1, -0.05) is 43.7 Å². The molecule has 0 unspecified atom stereocenters. The lowest BCUT2D eigenvalue weighted by Gasteiger charge is -2.08. The van der Waals surface area contributed by atoms with Crippen LogP contribution in [0, 0.1) is 22.7 Å². The highest BCUT2D eigenvalue weighted by Crippen LogP contribution is 2.20. The van der Waals surface area contributed by atoms with E-state index in [1.165, 1.54) is 12.2 Å². The van der Waals surface area contributed by atoms with Gasteiger partial charge in [-0.05, 0) is 42.3 Å². The molecule has 28 heavy (non-hydrogen) atoms. The molecule has 0 saturated carbocycles. The Hall–Kier alpha value is -3.83. The molecule has 0 saturated heterocycles. The van der Waals surface area contributed by atoms with Gasteiger partial charge >= 0.3 is 5.97 Å². The van der Waals surface area contributed by atoms with Crippen LogP contribution in [0.5, 0.6) is 11.5 Å². The summed E-state index contributed by atoms with van der Waals surface area (Å²) in [6.45, 7) is 2.73. The third kappa shape index (κ3) is 6.48. The summed E-state index contributed by atoms with van der Waals surface area (Å²) in [5.74, 6) is 0.582. The van der Waals surface area contributed by atoms with E-state index in [-0.39, 0.29) is 5.57 Å². The van der Waals surface area contributed by atoms with E-state index in [0.29, 0.717) is 17.9 Å². The lowest BCUT2D eigenvalue weighted by Crippen LogP contribution is -2.03. The molecule has 0 aromatic heterocycles. The van der Waals surface area contributed by atoms with Gasteiger partial charge in [0.25, 0.3) is 0 Å². The van der Waals surface area contributed by atoms with Crippen molar-refractivity contribution in [3.05, 3.63) is 71.3 Å². The van der Waals surface area contributed by atoms with Gasteiger partial charge in [-0.15, -0.1) is 0 Å². The van der Waals surface area contributed by atoms with E-state index in [9.17, 15) is 4.79 Å². The number of ether oxygens (including phenoxy) is 2. The third-order valence-electron chi connectivity index (χ3n) is 3.72. The molecule has 140 valence electrons. The van der Waals surface area contributed by atoms with Crippen molar-refractivity contribution in [1.82, 2.24) is 0 Å². The quantitative estimate of drug-likeness (QED) is 0.216. The fourth-order valence-corrected chi connectivity index (χ4v) is 2.27. The van der Waals surface area contributed by atoms with E-state index >= 15 is 0 Å². The summed E-state index contributed by atoms with van der Waals surface area (Å²) in [4.78, 5) is 12.1. The maximum absolute atomic E-state index is 12.1. The monoisotopic (exact) mass is 372 g/mol. The van der Waals surface area contributed by atoms with Crippen molar-refractivity contribution in [3.8, 4) is 23.6 Å². The molecule has 5 heteroatoms. The molecule has 0 atom stereocenters. The van der Waals surface area contributed by atoms with Crippen LogP contribution in [0.2, 0.25) is 0 Å². The Kier molecular flexibility index (Phi) is 8.05. The number of nitriles is 2. The van der Waals surface area contributed by atoms with Crippen LogP contribution in [0.3, 0.4) is 0 Å². The predicted octanol–water partition coefficient (Wildman–Crippen LogP) is 4.91. The number of allylic oxidation sites excluding steroid dienone is 1. The zero-order valence-corrected chi connectivity index (χ0v) is 15.6. The molecule has 0 bridgehead atoms. The van der Waals surface area contributed by atoms with Crippen LogP contribution < -0.4 is 9.47 Å². The normalized spacial score (nSPS) is 9.96. The standard InChI is InChI=1S/C23H20N2O3/c1-2-3-14-27-22-7-5-4-6-20(22)10-13-23(26)28-21-11-8-18(9-12-21)15-19(16-24)17-25/h4-13,15H,2-3,14H2,1H3/b13-10+. The molecule has 0 fully saturated rings. The summed E-state index contributed by atoms with van der Waals surface area (Å²) in [7, 11) is 0. The van der Waals surface area contributed by atoms with Gasteiger partial charge in [0, 0.05) is 11.6 Å². The highest BCUT2D eigenvalue weighted by molar-refractivity contribution is 5.89. The number of carbonyl (C=O) groups excluding carboxylic acids is 1. The van der Waals surface area contributed by atoms with Crippen molar-refractivity contribution in [2.75, 3.05) is 6.61 Å². The predicted molar refractivity (Wildman–Crippen MR) is 107 cm³/mol. The molecule has 0 aliphatic heterocycles. The molecule has 0 aliphatic rings. The average Bonchev–Trinajstić information content (AvgIpc) is 2.72. The fourth-order valence-electron chi connectivity index (χ4n) is 2.27. The second-order valence-corrected chi connectivity index (χ2v) is 5.84. The minimum absolute atomic E-state index is 0.00694. The SMILES string of the molecule is CCCCOc1ccccc1/C=C/C(=O)Oc1ccc(C=C(C#N)C#N)cc1. The first-order valence-corrected chi connectivity index (χ1v) is 8.90. The maximum atomic E-state index is 12.1. The molecule has 2 rings (SSSR count). The van der Waals surface area contributed by atoms with E-state index in [1.807, 2.05) is 24.3 Å². The Bertz CT molecular complexity index is 929. The molecule has 2 aromatic rings. The van der Waals surface area contributed by atoms with Crippen LogP contribution in [0.4, 0.5) is 0 Å². The molecule has 2 aromatic carbocycles. The number of carbonyl (C=O) groups is 1. The number of unbranched alkanes of at least 4 members (excludes halogenated alkanes) is 1. The van der Waals surface area contributed by atoms with Gasteiger partial charge in [-0.25, -0.2) is 4.79 Å². The van der Waals surface area contributed by atoms with Crippen LogP contribution >= 0.6 is 0 Å². The molecule has 0 amide bonds. The zero-order chi connectivity index (χ0) is 20.2. The van der Waals surface area contributed by atoms with Gasteiger partial charge in [-0.2, -0.15) is 10.5 Å². The molecule has 0 aliphatic carbocycles. The van der Waals surface area contributed by atoms with Crippen molar-refractivity contribution in [3.63, 3.8) is 0 Å². The summed E-state index contributed by atoms with van der Waals surface area (Å²) in [6, 6.07) is 17.6. The summed E-state index contributed by atoms with van der Waals surface area (Å²) in [5, 5.41) is 17.5. The second-order valence-electron chi connectivity index (χ2n) is 5.84. The lowest BCUT2D eigenvalue weighted by atomic mass is 10.1. The minimum atomic E-state index is -0.513. The number of hydrogen-bond acceptors (Lipinski definition) is 5. The van der Waals surface area contributed by atoms with Crippen molar-refractivity contribution >= 4 is 18.1 Å². The summed E-state index contributed by atoms with van der Waals surface area (Å²) in [6.07, 6.45) is 6.48. The number of rotatable bonds is 8. The summed E-state index contributed by atoms with van der Waals surface area (Å²) < 4.78 is 11.0. The van der Waals surface area contributed by atoms with Gasteiger partial charge in [0.1, 0.15) is 29.2 Å². The number of nitrogens with zero attached hydrogens (tertiary/aromatic N) is 2. The zero-order valence-electron chi connectivity index (χ0n) is 15.6. The lowest BCUT2D eigenvalue weighted by molar-refractivity contribution is -0.128. The summed E-state index contributed by atoms with van der Waals surface area (Å²) >= 11 is 0. The summed E-state index contributed by atoms with van der Waals surface area (Å²) in [5.41, 5.74) is 1.48. The van der Waals surface area contributed by atoms with E-state index in [4.69, 9.17) is 20.0 Å². The molecule has 0 N–H and O–H groups in total. The Morgan fingerprint density at radius 2 is 1.79 bits per heavy atom.